The van der Waals surface area contributed by atoms with Gasteiger partial charge in [0.2, 0.25) is 0 Å². The predicted molar refractivity (Wildman–Crippen MR) is 134 cm³/mol. The summed E-state index contributed by atoms with van der Waals surface area (Å²) in [4.78, 5) is 0. The molecule has 1 aromatic heterocycles. The van der Waals surface area contributed by atoms with Crippen molar-refractivity contribution in [2.45, 2.75) is 52.4 Å². The lowest BCUT2D eigenvalue weighted by molar-refractivity contribution is 0.590. The molecular weight excluding hydrogens is 486 g/mol. The topological polar surface area (TPSA) is 4.93 Å². The van der Waals surface area contributed by atoms with Gasteiger partial charge in [0.25, 0.3) is 0 Å². The molecule has 3 heteroatoms. The summed E-state index contributed by atoms with van der Waals surface area (Å²) in [6.07, 6.45) is 0. The van der Waals surface area contributed by atoms with Crippen molar-refractivity contribution in [3.05, 3.63) is 74.7 Å². The predicted octanol–water partition coefficient (Wildman–Crippen LogP) is 8.90. The van der Waals surface area contributed by atoms with E-state index in [1.165, 1.54) is 32.9 Å². The standard InChI is InChI=1S/C26H27Br2N/c1-25(2,3)16-7-9-23-21(11-16)22-12-17(26(4,5)6)8-10-24(22)29(23)20-14-18(27)13-19(28)15-20/h7-15H,1-6H3. The second kappa shape index (κ2) is 6.99. The van der Waals surface area contributed by atoms with Crippen LogP contribution in [0.25, 0.3) is 27.5 Å². The molecule has 4 rings (SSSR count). The van der Waals surface area contributed by atoms with E-state index in [0.29, 0.717) is 0 Å². The van der Waals surface area contributed by atoms with Crippen LogP contribution in [0, 0.1) is 0 Å². The van der Waals surface area contributed by atoms with E-state index in [1.807, 2.05) is 0 Å². The maximum atomic E-state index is 3.66. The van der Waals surface area contributed by atoms with Crippen LogP contribution in [-0.2, 0) is 10.8 Å². The third kappa shape index (κ3) is 3.80. The number of nitrogens with zero attached hydrogens (tertiary/aromatic N) is 1. The van der Waals surface area contributed by atoms with Gasteiger partial charge in [-0.05, 0) is 64.4 Å². The molecule has 0 atom stereocenters. The molecule has 0 aliphatic heterocycles. The molecule has 0 aliphatic carbocycles. The third-order valence-corrected chi connectivity index (χ3v) is 6.52. The first-order valence-electron chi connectivity index (χ1n) is 10.0. The minimum atomic E-state index is 0.114. The van der Waals surface area contributed by atoms with Crippen LogP contribution < -0.4 is 0 Å². The molecule has 0 aliphatic rings. The Morgan fingerprint density at radius 1 is 0.586 bits per heavy atom. The number of benzene rings is 3. The van der Waals surface area contributed by atoms with E-state index >= 15 is 0 Å². The first-order chi connectivity index (χ1) is 13.4. The van der Waals surface area contributed by atoms with Gasteiger partial charge < -0.3 is 4.57 Å². The van der Waals surface area contributed by atoms with E-state index in [9.17, 15) is 0 Å². The van der Waals surface area contributed by atoms with Crippen molar-refractivity contribution in [3.63, 3.8) is 0 Å². The lowest BCUT2D eigenvalue weighted by atomic mass is 9.85. The smallest absolute Gasteiger partial charge is 0.0541 e. The lowest BCUT2D eigenvalue weighted by Crippen LogP contribution is -2.10. The number of rotatable bonds is 1. The van der Waals surface area contributed by atoms with Crippen LogP contribution in [0.4, 0.5) is 0 Å². The first-order valence-corrected chi connectivity index (χ1v) is 11.6. The molecule has 0 saturated heterocycles. The number of fused-ring (bicyclic) bond motifs is 3. The van der Waals surface area contributed by atoms with Crippen molar-refractivity contribution in [2.24, 2.45) is 0 Å². The van der Waals surface area contributed by atoms with Gasteiger partial charge in [-0.1, -0.05) is 85.5 Å². The molecule has 0 N–H and O–H groups in total. The molecule has 0 saturated carbocycles. The summed E-state index contributed by atoms with van der Waals surface area (Å²) in [5.74, 6) is 0. The maximum absolute atomic E-state index is 3.66. The average Bonchev–Trinajstić information content (AvgIpc) is 2.92. The van der Waals surface area contributed by atoms with Crippen molar-refractivity contribution in [2.75, 3.05) is 0 Å². The van der Waals surface area contributed by atoms with Crippen molar-refractivity contribution >= 4 is 53.7 Å². The van der Waals surface area contributed by atoms with Crippen molar-refractivity contribution in [1.29, 1.82) is 0 Å². The van der Waals surface area contributed by atoms with Gasteiger partial charge in [-0.2, -0.15) is 0 Å². The second-order valence-corrected chi connectivity index (χ2v) is 11.8. The highest BCUT2D eigenvalue weighted by atomic mass is 79.9. The summed E-state index contributed by atoms with van der Waals surface area (Å²) < 4.78 is 4.50. The highest BCUT2D eigenvalue weighted by Crippen LogP contribution is 2.38. The Morgan fingerprint density at radius 3 is 1.38 bits per heavy atom. The fourth-order valence-corrected chi connectivity index (χ4v) is 5.17. The summed E-state index contributed by atoms with van der Waals surface area (Å²) in [7, 11) is 0. The molecule has 29 heavy (non-hydrogen) atoms. The molecule has 0 radical (unpaired) electrons. The molecule has 3 aromatic carbocycles. The molecular formula is C26H27Br2N. The Bertz CT molecular complexity index is 1140. The normalized spacial score (nSPS) is 12.8. The summed E-state index contributed by atoms with van der Waals surface area (Å²) >= 11 is 7.32. The Hall–Kier alpha value is -1.58. The SMILES string of the molecule is CC(C)(C)c1ccc2c(c1)c1cc(C(C)(C)C)ccc1n2-c1cc(Br)cc(Br)c1. The van der Waals surface area contributed by atoms with Crippen LogP contribution in [0.1, 0.15) is 52.7 Å². The van der Waals surface area contributed by atoms with Gasteiger partial charge in [0.05, 0.1) is 11.0 Å². The lowest BCUT2D eigenvalue weighted by Gasteiger charge is -2.19. The summed E-state index contributed by atoms with van der Waals surface area (Å²) in [6, 6.07) is 20.3. The third-order valence-electron chi connectivity index (χ3n) is 5.60. The largest absolute Gasteiger partial charge is 0.309 e. The zero-order valence-corrected chi connectivity index (χ0v) is 21.1. The van der Waals surface area contributed by atoms with E-state index in [2.05, 4.69) is 133 Å². The molecule has 0 amide bonds. The monoisotopic (exact) mass is 511 g/mol. The van der Waals surface area contributed by atoms with Gasteiger partial charge in [0.15, 0.2) is 0 Å². The Labute approximate surface area is 190 Å². The highest BCUT2D eigenvalue weighted by Gasteiger charge is 2.20. The summed E-state index contributed by atoms with van der Waals surface area (Å²) in [5, 5.41) is 2.63. The fourth-order valence-electron chi connectivity index (χ4n) is 3.90. The number of hydrogen-bond donors (Lipinski definition) is 0. The van der Waals surface area contributed by atoms with Crippen molar-refractivity contribution in [1.82, 2.24) is 4.57 Å². The van der Waals surface area contributed by atoms with Gasteiger partial charge >= 0.3 is 0 Å². The minimum absolute atomic E-state index is 0.114. The Kier molecular flexibility index (Phi) is 4.99. The Morgan fingerprint density at radius 2 is 1.00 bits per heavy atom. The van der Waals surface area contributed by atoms with E-state index in [1.54, 1.807) is 0 Å². The Balaban J connectivity index is 2.14. The summed E-state index contributed by atoms with van der Waals surface area (Å²) in [5.41, 5.74) is 6.58. The van der Waals surface area contributed by atoms with E-state index < -0.39 is 0 Å². The zero-order chi connectivity index (χ0) is 21.1. The fraction of sp³-hybridized carbons (Fsp3) is 0.308. The van der Waals surface area contributed by atoms with Crippen LogP contribution in [-0.4, -0.2) is 4.57 Å². The number of halogens is 2. The molecule has 0 fully saturated rings. The molecule has 1 heterocycles. The van der Waals surface area contributed by atoms with Gasteiger partial charge in [-0.15, -0.1) is 0 Å². The molecule has 1 nitrogen and oxygen atoms in total. The first kappa shape index (κ1) is 20.7. The second-order valence-electron chi connectivity index (χ2n) is 9.93. The molecule has 0 bridgehead atoms. The van der Waals surface area contributed by atoms with Gasteiger partial charge in [0.1, 0.15) is 0 Å². The molecule has 4 aromatic rings. The van der Waals surface area contributed by atoms with Crippen LogP contribution in [0.3, 0.4) is 0 Å². The highest BCUT2D eigenvalue weighted by molar-refractivity contribution is 9.11. The summed E-state index contributed by atoms with van der Waals surface area (Å²) in [6.45, 7) is 13.7. The van der Waals surface area contributed by atoms with Crippen LogP contribution in [0.2, 0.25) is 0 Å². The maximum Gasteiger partial charge on any atom is 0.0541 e. The van der Waals surface area contributed by atoms with Crippen molar-refractivity contribution < 1.29 is 0 Å². The van der Waals surface area contributed by atoms with E-state index in [-0.39, 0.29) is 10.8 Å². The van der Waals surface area contributed by atoms with Crippen LogP contribution in [0.5, 0.6) is 0 Å². The van der Waals surface area contributed by atoms with E-state index in [4.69, 9.17) is 0 Å². The molecule has 0 unspecified atom stereocenters. The minimum Gasteiger partial charge on any atom is -0.309 e. The molecule has 150 valence electrons. The average molecular weight is 513 g/mol. The molecule has 0 spiro atoms. The van der Waals surface area contributed by atoms with Gasteiger partial charge in [-0.25, -0.2) is 0 Å². The van der Waals surface area contributed by atoms with Gasteiger partial charge in [0, 0.05) is 25.4 Å². The zero-order valence-electron chi connectivity index (χ0n) is 17.9. The number of hydrogen-bond acceptors (Lipinski definition) is 0. The number of aromatic nitrogens is 1. The van der Waals surface area contributed by atoms with Crippen LogP contribution in [0.15, 0.2) is 63.5 Å². The van der Waals surface area contributed by atoms with Crippen molar-refractivity contribution in [3.8, 4) is 5.69 Å². The van der Waals surface area contributed by atoms with Crippen LogP contribution >= 0.6 is 31.9 Å². The van der Waals surface area contributed by atoms with Gasteiger partial charge in [-0.3, -0.25) is 0 Å². The quantitative estimate of drug-likeness (QED) is 0.240. The van der Waals surface area contributed by atoms with E-state index in [0.717, 1.165) is 14.6 Å².